The Labute approximate surface area is 141 Å². The van der Waals surface area contributed by atoms with Gasteiger partial charge in [-0.25, -0.2) is 0 Å². The van der Waals surface area contributed by atoms with E-state index < -0.39 is 0 Å². The van der Waals surface area contributed by atoms with Crippen LogP contribution in [0.1, 0.15) is 49.8 Å². The third kappa shape index (κ3) is 3.45. The van der Waals surface area contributed by atoms with E-state index in [0.717, 1.165) is 49.1 Å². The minimum absolute atomic E-state index is 0.105. The lowest BCUT2D eigenvalue weighted by atomic mass is 9.96. The molecule has 2 atom stereocenters. The standard InChI is InChI=1S/C20H33N2O/c1-7-12-22(6,8-2)18-10-9-11-21(20(18)23)19-16(4)13-15(3)14-17(19)5/h13-14,18H,7-12H2,1-6H3/q+1. The minimum Gasteiger partial charge on any atom is -0.316 e. The van der Waals surface area contributed by atoms with Gasteiger partial charge in [-0.05, 0) is 51.7 Å². The summed E-state index contributed by atoms with van der Waals surface area (Å²) in [5, 5.41) is 0. The lowest BCUT2D eigenvalue weighted by molar-refractivity contribution is -0.923. The fraction of sp³-hybridized carbons (Fsp3) is 0.650. The first-order valence-corrected chi connectivity index (χ1v) is 9.07. The summed E-state index contributed by atoms with van der Waals surface area (Å²) in [6, 6.07) is 4.49. The molecule has 2 rings (SSSR count). The summed E-state index contributed by atoms with van der Waals surface area (Å²) in [5.74, 6) is 0.323. The van der Waals surface area contributed by atoms with Crippen molar-refractivity contribution in [3.63, 3.8) is 0 Å². The first-order valence-electron chi connectivity index (χ1n) is 9.07. The summed E-state index contributed by atoms with van der Waals surface area (Å²) in [4.78, 5) is 15.4. The van der Waals surface area contributed by atoms with Gasteiger partial charge in [-0.1, -0.05) is 24.6 Å². The monoisotopic (exact) mass is 317 g/mol. The van der Waals surface area contributed by atoms with Gasteiger partial charge in [-0.2, -0.15) is 0 Å². The van der Waals surface area contributed by atoms with Gasteiger partial charge in [0.1, 0.15) is 0 Å². The number of amides is 1. The molecule has 1 fully saturated rings. The smallest absolute Gasteiger partial charge is 0.285 e. The second kappa shape index (κ2) is 7.04. The molecule has 0 bridgehead atoms. The van der Waals surface area contributed by atoms with E-state index in [0.29, 0.717) is 5.91 Å². The van der Waals surface area contributed by atoms with Gasteiger partial charge in [0, 0.05) is 18.7 Å². The van der Waals surface area contributed by atoms with Crippen LogP contribution in [0, 0.1) is 20.8 Å². The minimum atomic E-state index is 0.105. The molecule has 128 valence electrons. The number of rotatable bonds is 5. The topological polar surface area (TPSA) is 20.3 Å². The number of hydrogen-bond acceptors (Lipinski definition) is 1. The summed E-state index contributed by atoms with van der Waals surface area (Å²) >= 11 is 0. The zero-order chi connectivity index (χ0) is 17.2. The summed E-state index contributed by atoms with van der Waals surface area (Å²) in [7, 11) is 2.25. The number of benzene rings is 1. The van der Waals surface area contributed by atoms with Crippen molar-refractivity contribution < 1.29 is 9.28 Å². The zero-order valence-electron chi connectivity index (χ0n) is 15.8. The molecule has 23 heavy (non-hydrogen) atoms. The highest BCUT2D eigenvalue weighted by atomic mass is 16.2. The molecule has 3 nitrogen and oxygen atoms in total. The van der Waals surface area contributed by atoms with Gasteiger partial charge in [-0.3, -0.25) is 4.79 Å². The van der Waals surface area contributed by atoms with Crippen LogP contribution >= 0.6 is 0 Å². The summed E-state index contributed by atoms with van der Waals surface area (Å²) < 4.78 is 0.871. The molecule has 1 aliphatic rings. The summed E-state index contributed by atoms with van der Waals surface area (Å²) in [6.45, 7) is 13.8. The third-order valence-corrected chi connectivity index (χ3v) is 5.52. The Kier molecular flexibility index (Phi) is 5.51. The normalized spacial score (nSPS) is 21.4. The first-order chi connectivity index (χ1) is 10.8. The first kappa shape index (κ1) is 18.0. The molecule has 2 unspecified atom stereocenters. The molecule has 3 heteroatoms. The highest BCUT2D eigenvalue weighted by Crippen LogP contribution is 2.32. The van der Waals surface area contributed by atoms with E-state index in [-0.39, 0.29) is 6.04 Å². The molecule has 0 N–H and O–H groups in total. The van der Waals surface area contributed by atoms with Crippen LogP contribution < -0.4 is 4.90 Å². The van der Waals surface area contributed by atoms with Gasteiger partial charge in [0.05, 0.1) is 20.1 Å². The molecule has 0 saturated carbocycles. The number of quaternary nitrogens is 1. The second-order valence-electron chi connectivity index (χ2n) is 7.41. The van der Waals surface area contributed by atoms with Crippen LogP contribution in [0.25, 0.3) is 0 Å². The van der Waals surface area contributed by atoms with Gasteiger partial charge in [0.25, 0.3) is 5.91 Å². The van der Waals surface area contributed by atoms with Gasteiger partial charge in [0.2, 0.25) is 0 Å². The maximum Gasteiger partial charge on any atom is 0.285 e. The van der Waals surface area contributed by atoms with E-state index >= 15 is 0 Å². The maximum absolute atomic E-state index is 13.3. The molecule has 1 aromatic rings. The van der Waals surface area contributed by atoms with Crippen molar-refractivity contribution in [2.24, 2.45) is 0 Å². The molecular formula is C20H33N2O+. The van der Waals surface area contributed by atoms with Crippen molar-refractivity contribution in [2.75, 3.05) is 31.6 Å². The average molecular weight is 317 g/mol. The number of anilines is 1. The van der Waals surface area contributed by atoms with Crippen molar-refractivity contribution in [2.45, 2.75) is 59.9 Å². The number of carbonyl (C=O) groups is 1. The molecular weight excluding hydrogens is 284 g/mol. The Bertz CT molecular complexity index is 558. The number of aryl methyl sites for hydroxylation is 3. The fourth-order valence-electron chi connectivity index (χ4n) is 4.30. The molecule has 0 radical (unpaired) electrons. The molecule has 1 heterocycles. The van der Waals surface area contributed by atoms with Gasteiger partial charge in [-0.15, -0.1) is 0 Å². The van der Waals surface area contributed by atoms with Crippen molar-refractivity contribution in [3.05, 3.63) is 28.8 Å². The van der Waals surface area contributed by atoms with Crippen molar-refractivity contribution in [1.29, 1.82) is 0 Å². The van der Waals surface area contributed by atoms with Crippen LogP contribution in [-0.4, -0.2) is 43.1 Å². The summed E-state index contributed by atoms with van der Waals surface area (Å²) in [6.07, 6.45) is 3.24. The Balaban J connectivity index is 2.37. The number of piperidine rings is 1. The van der Waals surface area contributed by atoms with Crippen molar-refractivity contribution >= 4 is 11.6 Å². The zero-order valence-corrected chi connectivity index (χ0v) is 15.8. The van der Waals surface area contributed by atoms with Crippen LogP contribution in [0.4, 0.5) is 5.69 Å². The van der Waals surface area contributed by atoms with Crippen LogP contribution in [0.5, 0.6) is 0 Å². The van der Waals surface area contributed by atoms with Crippen molar-refractivity contribution in [1.82, 2.24) is 0 Å². The fourth-order valence-corrected chi connectivity index (χ4v) is 4.30. The lowest BCUT2D eigenvalue weighted by Gasteiger charge is -2.44. The van der Waals surface area contributed by atoms with Gasteiger partial charge < -0.3 is 9.38 Å². The van der Waals surface area contributed by atoms with E-state index in [4.69, 9.17) is 0 Å². The Morgan fingerprint density at radius 1 is 1.17 bits per heavy atom. The summed E-state index contributed by atoms with van der Waals surface area (Å²) in [5.41, 5.74) is 4.85. The average Bonchev–Trinajstić information content (AvgIpc) is 2.48. The number of carbonyl (C=O) groups excluding carboxylic acids is 1. The quantitative estimate of drug-likeness (QED) is 0.752. The van der Waals surface area contributed by atoms with Crippen LogP contribution in [0.15, 0.2) is 12.1 Å². The molecule has 0 aliphatic carbocycles. The molecule has 1 aliphatic heterocycles. The second-order valence-corrected chi connectivity index (χ2v) is 7.41. The third-order valence-electron chi connectivity index (χ3n) is 5.52. The van der Waals surface area contributed by atoms with Crippen LogP contribution in [-0.2, 0) is 4.79 Å². The van der Waals surface area contributed by atoms with Crippen LogP contribution in [0.2, 0.25) is 0 Å². The molecule has 1 aromatic carbocycles. The maximum atomic E-state index is 13.3. The van der Waals surface area contributed by atoms with E-state index in [1.54, 1.807) is 0 Å². The van der Waals surface area contributed by atoms with Gasteiger partial charge >= 0.3 is 0 Å². The number of hydrogen-bond donors (Lipinski definition) is 0. The Morgan fingerprint density at radius 3 is 2.30 bits per heavy atom. The largest absolute Gasteiger partial charge is 0.316 e. The van der Waals surface area contributed by atoms with Gasteiger partial charge in [0.15, 0.2) is 6.04 Å². The van der Waals surface area contributed by atoms with Crippen molar-refractivity contribution in [3.8, 4) is 0 Å². The van der Waals surface area contributed by atoms with E-state index in [1.807, 2.05) is 0 Å². The predicted molar refractivity (Wildman–Crippen MR) is 97.9 cm³/mol. The molecule has 0 aromatic heterocycles. The van der Waals surface area contributed by atoms with E-state index in [1.165, 1.54) is 16.7 Å². The Hall–Kier alpha value is -1.35. The highest BCUT2D eigenvalue weighted by Gasteiger charge is 2.42. The highest BCUT2D eigenvalue weighted by molar-refractivity contribution is 5.98. The Morgan fingerprint density at radius 2 is 1.78 bits per heavy atom. The van der Waals surface area contributed by atoms with E-state index in [9.17, 15) is 4.79 Å². The lowest BCUT2D eigenvalue weighted by Crippen LogP contribution is -2.62. The molecule has 0 spiro atoms. The molecule has 1 amide bonds. The van der Waals surface area contributed by atoms with E-state index in [2.05, 4.69) is 58.7 Å². The molecule has 1 saturated heterocycles. The predicted octanol–water partition coefficient (Wildman–Crippen LogP) is 3.98. The SMILES string of the molecule is CCC[N+](C)(CC)C1CCCN(c2c(C)cc(C)cc2C)C1=O. The number of nitrogens with zero attached hydrogens (tertiary/aromatic N) is 2. The number of likely N-dealkylation sites (N-methyl/N-ethyl adjacent to an activating group) is 1. The van der Waals surface area contributed by atoms with Crippen LogP contribution in [0.3, 0.4) is 0 Å².